The van der Waals surface area contributed by atoms with E-state index in [-0.39, 0.29) is 17.2 Å². The van der Waals surface area contributed by atoms with Crippen molar-refractivity contribution in [2.75, 3.05) is 24.3 Å². The molecule has 0 saturated carbocycles. The van der Waals surface area contributed by atoms with Crippen LogP contribution in [0, 0.1) is 0 Å². The zero-order chi connectivity index (χ0) is 20.5. The largest absolute Gasteiger partial charge is 0.504 e. The van der Waals surface area contributed by atoms with Gasteiger partial charge in [-0.05, 0) is 42.5 Å². The molecule has 0 atom stereocenters. The van der Waals surface area contributed by atoms with Gasteiger partial charge >= 0.3 is 5.97 Å². The predicted molar refractivity (Wildman–Crippen MR) is 112 cm³/mol. The number of nitrogens with one attached hydrogen (secondary N) is 1. The minimum atomic E-state index is -1.30. The van der Waals surface area contributed by atoms with Crippen LogP contribution < -0.4 is 10.2 Å². The number of furan rings is 1. The number of carboxylic acid groups (broad SMARTS) is 1. The van der Waals surface area contributed by atoms with Crippen molar-refractivity contribution in [1.29, 1.82) is 0 Å². The smallest absolute Gasteiger partial charge is 0.345 e. The topological polar surface area (TPSA) is 111 Å². The first-order chi connectivity index (χ1) is 13.9. The van der Waals surface area contributed by atoms with Crippen LogP contribution in [0.3, 0.4) is 0 Å². The highest BCUT2D eigenvalue weighted by atomic mass is 16.4. The van der Waals surface area contributed by atoms with Crippen molar-refractivity contribution >= 4 is 46.9 Å². The fourth-order valence-corrected chi connectivity index (χ4v) is 2.98. The van der Waals surface area contributed by atoms with Crippen molar-refractivity contribution in [3.05, 3.63) is 59.5 Å². The van der Waals surface area contributed by atoms with E-state index in [1.54, 1.807) is 36.7 Å². The molecule has 0 unspecified atom stereocenters. The average molecular weight is 390 g/mol. The van der Waals surface area contributed by atoms with E-state index in [0.717, 1.165) is 11.3 Å². The Labute approximate surface area is 166 Å². The molecule has 1 aliphatic rings. The molecule has 0 radical (unpaired) electrons. The molecule has 29 heavy (non-hydrogen) atoms. The van der Waals surface area contributed by atoms with Crippen LogP contribution in [-0.2, 0) is 0 Å². The molecule has 8 nitrogen and oxygen atoms in total. The van der Waals surface area contributed by atoms with Gasteiger partial charge < -0.3 is 24.8 Å². The second-order valence-electron chi connectivity index (χ2n) is 6.62. The van der Waals surface area contributed by atoms with Gasteiger partial charge in [-0.25, -0.2) is 14.8 Å². The van der Waals surface area contributed by atoms with E-state index >= 15 is 0 Å². The summed E-state index contributed by atoms with van der Waals surface area (Å²) < 4.78 is 5.65. The van der Waals surface area contributed by atoms with Crippen LogP contribution in [0.4, 0.5) is 23.1 Å². The number of aromatic hydroxyl groups is 1. The monoisotopic (exact) mass is 390 g/mol. The number of aliphatic imine (C=N–C) groups is 1. The Bertz CT molecular complexity index is 1140. The van der Waals surface area contributed by atoms with Crippen molar-refractivity contribution in [1.82, 2.24) is 4.98 Å². The minimum Gasteiger partial charge on any atom is -0.504 e. The molecule has 0 fully saturated rings. The van der Waals surface area contributed by atoms with Gasteiger partial charge in [0.15, 0.2) is 22.9 Å². The van der Waals surface area contributed by atoms with Gasteiger partial charge in [0.1, 0.15) is 0 Å². The maximum absolute atomic E-state index is 11.7. The third kappa shape index (κ3) is 3.43. The number of aromatic nitrogens is 1. The van der Waals surface area contributed by atoms with Crippen molar-refractivity contribution in [2.24, 2.45) is 4.99 Å². The summed E-state index contributed by atoms with van der Waals surface area (Å²) in [6, 6.07) is 11.0. The Kier molecular flexibility index (Phi) is 4.52. The quantitative estimate of drug-likeness (QED) is 0.600. The lowest BCUT2D eigenvalue weighted by Crippen LogP contribution is -2.08. The second-order valence-corrected chi connectivity index (χ2v) is 6.62. The van der Waals surface area contributed by atoms with Crippen molar-refractivity contribution in [3.63, 3.8) is 0 Å². The first-order valence-corrected chi connectivity index (χ1v) is 8.78. The fraction of sp³-hybridized carbons (Fsp3) is 0.0952. The minimum absolute atomic E-state index is 0.0213. The zero-order valence-corrected chi connectivity index (χ0v) is 15.7. The van der Waals surface area contributed by atoms with Crippen LogP contribution >= 0.6 is 0 Å². The Hall–Kier alpha value is -4.07. The highest BCUT2D eigenvalue weighted by molar-refractivity contribution is 6.21. The molecule has 1 aliphatic heterocycles. The summed E-state index contributed by atoms with van der Waals surface area (Å²) in [4.78, 5) is 22.0. The normalized spacial score (nSPS) is 13.5. The van der Waals surface area contributed by atoms with E-state index in [4.69, 9.17) is 4.42 Å². The maximum atomic E-state index is 11.7. The number of pyridine rings is 1. The molecule has 3 heterocycles. The number of nitrogens with zero attached hydrogens (tertiary/aromatic N) is 3. The van der Waals surface area contributed by atoms with E-state index in [1.165, 1.54) is 0 Å². The molecule has 3 N–H and O–H groups in total. The molecule has 0 spiro atoms. The number of rotatable bonds is 5. The number of hydrogen-bond donors (Lipinski definition) is 3. The molecule has 8 heteroatoms. The van der Waals surface area contributed by atoms with Crippen LogP contribution in [0.5, 0.6) is 5.75 Å². The standard InChI is InChI=1S/C21H18N4O4/c1-25(2)14-7-5-13(6-8-14)24-20-17(21(27)28)18(26)16(29-20)10-12-11-23-19-15(12)4-3-9-22-19/h3-11,24,26H,1-2H3,(H,27,28). The molecule has 4 rings (SSSR count). The fourth-order valence-electron chi connectivity index (χ4n) is 2.98. The number of benzene rings is 1. The number of carbonyl (C=O) groups is 1. The number of fused-ring (bicyclic) bond motifs is 1. The number of hydrogen-bond acceptors (Lipinski definition) is 7. The van der Waals surface area contributed by atoms with E-state index in [0.29, 0.717) is 17.1 Å². The highest BCUT2D eigenvalue weighted by Gasteiger charge is 2.26. The summed E-state index contributed by atoms with van der Waals surface area (Å²) in [5.74, 6) is -1.23. The maximum Gasteiger partial charge on any atom is 0.345 e. The second kappa shape index (κ2) is 7.16. The Morgan fingerprint density at radius 3 is 2.66 bits per heavy atom. The summed E-state index contributed by atoms with van der Waals surface area (Å²) in [6.07, 6.45) is 4.77. The Morgan fingerprint density at radius 2 is 1.97 bits per heavy atom. The summed E-state index contributed by atoms with van der Waals surface area (Å²) in [6.45, 7) is 0. The third-order valence-corrected chi connectivity index (χ3v) is 4.47. The van der Waals surface area contributed by atoms with Gasteiger partial charge in [0.2, 0.25) is 5.88 Å². The lowest BCUT2D eigenvalue weighted by atomic mass is 10.1. The molecule has 3 aromatic rings. The molecule has 0 amide bonds. The van der Waals surface area contributed by atoms with Gasteiger partial charge in [-0.2, -0.15) is 0 Å². The average Bonchev–Trinajstić information content (AvgIpc) is 3.24. The van der Waals surface area contributed by atoms with Gasteiger partial charge in [-0.1, -0.05) is 0 Å². The molecular weight excluding hydrogens is 372 g/mol. The number of anilines is 3. The Balaban J connectivity index is 1.70. The van der Waals surface area contributed by atoms with Gasteiger partial charge in [-0.3, -0.25) is 0 Å². The lowest BCUT2D eigenvalue weighted by Gasteiger charge is -2.12. The molecule has 0 aliphatic carbocycles. The van der Waals surface area contributed by atoms with Crippen molar-refractivity contribution < 1.29 is 19.4 Å². The number of aromatic carboxylic acids is 1. The van der Waals surface area contributed by atoms with Crippen molar-refractivity contribution in [3.8, 4) is 5.75 Å². The first-order valence-electron chi connectivity index (χ1n) is 8.78. The number of carboxylic acids is 1. The van der Waals surface area contributed by atoms with Crippen LogP contribution in [0.2, 0.25) is 0 Å². The first kappa shape index (κ1) is 18.3. The van der Waals surface area contributed by atoms with Crippen molar-refractivity contribution in [2.45, 2.75) is 0 Å². The zero-order valence-electron chi connectivity index (χ0n) is 15.7. The Morgan fingerprint density at radius 1 is 1.21 bits per heavy atom. The van der Waals surface area contributed by atoms with E-state index in [1.807, 2.05) is 37.2 Å². The summed E-state index contributed by atoms with van der Waals surface area (Å²) in [5, 5.41) is 22.9. The van der Waals surface area contributed by atoms with E-state index in [2.05, 4.69) is 15.3 Å². The molecule has 2 aromatic heterocycles. The van der Waals surface area contributed by atoms with Crippen LogP contribution in [-0.4, -0.2) is 41.5 Å². The molecule has 0 bridgehead atoms. The van der Waals surface area contributed by atoms with Crippen LogP contribution in [0.25, 0.3) is 11.6 Å². The van der Waals surface area contributed by atoms with E-state index in [9.17, 15) is 15.0 Å². The lowest BCUT2D eigenvalue weighted by molar-refractivity contribution is 0.0695. The van der Waals surface area contributed by atoms with Gasteiger partial charge in [0.25, 0.3) is 0 Å². The van der Waals surface area contributed by atoms with Crippen LogP contribution in [0.1, 0.15) is 21.7 Å². The predicted octanol–water partition coefficient (Wildman–Crippen LogP) is 4.14. The third-order valence-electron chi connectivity index (χ3n) is 4.47. The van der Waals surface area contributed by atoms with Crippen LogP contribution in [0.15, 0.2) is 52.0 Å². The molecule has 1 aromatic carbocycles. The van der Waals surface area contributed by atoms with Gasteiger partial charge in [0.05, 0.1) is 0 Å². The molecular formula is C21H18N4O4. The summed E-state index contributed by atoms with van der Waals surface area (Å²) in [5.41, 5.74) is 2.72. The number of allylic oxidation sites excluding steroid dienone is 1. The molecule has 0 saturated heterocycles. The molecule has 146 valence electrons. The summed E-state index contributed by atoms with van der Waals surface area (Å²) in [7, 11) is 3.85. The highest BCUT2D eigenvalue weighted by Crippen LogP contribution is 2.39. The van der Waals surface area contributed by atoms with Gasteiger partial charge in [0, 0.05) is 49.0 Å². The summed E-state index contributed by atoms with van der Waals surface area (Å²) >= 11 is 0. The van der Waals surface area contributed by atoms with Gasteiger partial charge in [-0.15, -0.1) is 0 Å². The SMILES string of the molecule is CN(C)c1ccc(Nc2oc(C=C3C=Nc4ncccc43)c(O)c2C(=O)O)cc1. The van der Waals surface area contributed by atoms with E-state index < -0.39 is 11.7 Å².